The Balaban J connectivity index is 1.53. The van der Waals surface area contributed by atoms with Crippen molar-refractivity contribution in [1.29, 1.82) is 0 Å². The molecule has 0 amide bonds. The van der Waals surface area contributed by atoms with Crippen LogP contribution in [-0.2, 0) is 4.74 Å². The van der Waals surface area contributed by atoms with E-state index in [1.165, 1.54) is 24.0 Å². The number of phenols is 1. The molecule has 1 aromatic heterocycles. The first-order valence-corrected chi connectivity index (χ1v) is 10.0. The van der Waals surface area contributed by atoms with E-state index in [4.69, 9.17) is 11.2 Å². The smallest absolute Gasteiger partial charge is 0.152 e. The van der Waals surface area contributed by atoms with Crippen LogP contribution in [0.2, 0.25) is 0 Å². The zero-order valence-electron chi connectivity index (χ0n) is 16.3. The molecule has 5 heteroatoms. The van der Waals surface area contributed by atoms with Crippen molar-refractivity contribution in [3.8, 4) is 29.4 Å². The molecule has 1 aromatic carbocycles. The fourth-order valence-electron chi connectivity index (χ4n) is 5.37. The highest BCUT2D eigenvalue weighted by molar-refractivity contribution is 5.75. The zero-order chi connectivity index (χ0) is 19.5. The minimum atomic E-state index is -0.0300. The summed E-state index contributed by atoms with van der Waals surface area (Å²) in [7, 11) is 1.78. The number of nitrogens with one attached hydrogen (secondary N) is 1. The molecular weight excluding hydrogens is 350 g/mol. The number of rotatable bonds is 4. The average Bonchev–Trinajstić information content (AvgIpc) is 3.29. The molecule has 2 atom stereocenters. The summed E-state index contributed by atoms with van der Waals surface area (Å²) in [6.07, 6.45) is 11.0. The third kappa shape index (κ3) is 2.59. The maximum absolute atomic E-state index is 10.5. The minimum absolute atomic E-state index is 0.0300. The van der Waals surface area contributed by atoms with E-state index in [0.29, 0.717) is 23.4 Å². The van der Waals surface area contributed by atoms with E-state index in [9.17, 15) is 5.11 Å². The van der Waals surface area contributed by atoms with Crippen molar-refractivity contribution in [2.45, 2.75) is 62.5 Å². The molecule has 2 unspecified atom stereocenters. The number of ether oxygens (including phenoxy) is 1. The van der Waals surface area contributed by atoms with Gasteiger partial charge in [-0.1, -0.05) is 5.92 Å². The lowest BCUT2D eigenvalue weighted by atomic mass is 9.77. The first-order valence-electron chi connectivity index (χ1n) is 10.0. The molecule has 2 aromatic rings. The van der Waals surface area contributed by atoms with Gasteiger partial charge in [0.2, 0.25) is 0 Å². The number of aromatic hydroxyl groups is 1. The summed E-state index contributed by atoms with van der Waals surface area (Å²) in [5, 5.41) is 23.3. The van der Waals surface area contributed by atoms with Gasteiger partial charge in [-0.2, -0.15) is 0 Å². The van der Waals surface area contributed by atoms with E-state index < -0.39 is 0 Å². The van der Waals surface area contributed by atoms with Gasteiger partial charge in [0, 0.05) is 29.8 Å². The number of phenolic OH excluding ortho intramolecular Hbond substituents is 1. The molecule has 0 aliphatic heterocycles. The fourth-order valence-corrected chi connectivity index (χ4v) is 5.37. The molecule has 2 fully saturated rings. The summed E-state index contributed by atoms with van der Waals surface area (Å²) >= 11 is 0. The molecule has 0 saturated heterocycles. The van der Waals surface area contributed by atoms with E-state index >= 15 is 0 Å². The first kappa shape index (κ1) is 17.5. The molecule has 28 heavy (non-hydrogen) atoms. The molecule has 0 spiro atoms. The van der Waals surface area contributed by atoms with Crippen molar-refractivity contribution in [3.05, 3.63) is 34.9 Å². The number of hydrogen-bond acceptors (Lipinski definition) is 5. The van der Waals surface area contributed by atoms with Crippen molar-refractivity contribution >= 4 is 5.82 Å². The van der Waals surface area contributed by atoms with Crippen LogP contribution in [-0.4, -0.2) is 34.1 Å². The first-order chi connectivity index (χ1) is 13.5. The second kappa shape index (κ2) is 6.22. The Bertz CT molecular complexity index is 988. The lowest BCUT2D eigenvalue weighted by molar-refractivity contribution is -0.0625. The van der Waals surface area contributed by atoms with E-state index in [1.807, 2.05) is 12.1 Å². The Kier molecular flexibility index (Phi) is 3.89. The number of fused-ring (bicyclic) bond motifs is 5. The van der Waals surface area contributed by atoms with Crippen LogP contribution in [0.25, 0.3) is 11.3 Å². The van der Waals surface area contributed by atoms with Gasteiger partial charge >= 0.3 is 0 Å². The van der Waals surface area contributed by atoms with Crippen LogP contribution >= 0.6 is 0 Å². The van der Waals surface area contributed by atoms with E-state index in [1.54, 1.807) is 13.2 Å². The number of benzene rings is 1. The minimum Gasteiger partial charge on any atom is -0.507 e. The van der Waals surface area contributed by atoms with Crippen LogP contribution in [0.1, 0.15) is 67.6 Å². The Morgan fingerprint density at radius 1 is 1.21 bits per heavy atom. The van der Waals surface area contributed by atoms with Gasteiger partial charge in [-0.25, -0.2) is 0 Å². The van der Waals surface area contributed by atoms with Gasteiger partial charge in [-0.05, 0) is 74.6 Å². The van der Waals surface area contributed by atoms with Crippen molar-refractivity contribution in [3.63, 3.8) is 0 Å². The highest BCUT2D eigenvalue weighted by Gasteiger charge is 2.44. The predicted octanol–water partition coefficient (Wildman–Crippen LogP) is 4.17. The lowest BCUT2D eigenvalue weighted by Gasteiger charge is -2.44. The number of anilines is 1. The molecule has 5 nitrogen and oxygen atoms in total. The summed E-state index contributed by atoms with van der Waals surface area (Å²) in [4.78, 5) is 0. The fraction of sp³-hybridized carbons (Fsp3) is 0.478. The van der Waals surface area contributed by atoms with Gasteiger partial charge in [-0.3, -0.25) is 0 Å². The van der Waals surface area contributed by atoms with Gasteiger partial charge < -0.3 is 15.2 Å². The molecule has 5 rings (SSSR count). The predicted molar refractivity (Wildman–Crippen MR) is 108 cm³/mol. The largest absolute Gasteiger partial charge is 0.507 e. The number of terminal acetylenes is 1. The van der Waals surface area contributed by atoms with Crippen LogP contribution < -0.4 is 5.32 Å². The van der Waals surface area contributed by atoms with Crippen LogP contribution in [0.15, 0.2) is 18.2 Å². The Morgan fingerprint density at radius 2 is 1.96 bits per heavy atom. The van der Waals surface area contributed by atoms with Crippen LogP contribution in [0.4, 0.5) is 5.82 Å². The van der Waals surface area contributed by atoms with Crippen LogP contribution in [0.3, 0.4) is 0 Å². The van der Waals surface area contributed by atoms with E-state index in [-0.39, 0.29) is 11.4 Å². The number of hydrogen-bond donors (Lipinski definition) is 2. The molecule has 3 aliphatic carbocycles. The maximum Gasteiger partial charge on any atom is 0.152 e. The van der Waals surface area contributed by atoms with Crippen molar-refractivity contribution in [2.24, 2.45) is 0 Å². The van der Waals surface area contributed by atoms with Gasteiger partial charge in [0.15, 0.2) is 5.82 Å². The van der Waals surface area contributed by atoms with Crippen molar-refractivity contribution in [1.82, 2.24) is 10.2 Å². The molecule has 144 valence electrons. The Labute approximate surface area is 165 Å². The molecule has 1 heterocycles. The normalized spacial score (nSPS) is 29.8. The number of nitrogens with zero attached hydrogens (tertiary/aromatic N) is 2. The van der Waals surface area contributed by atoms with Gasteiger partial charge in [0.05, 0.1) is 5.60 Å². The quantitative estimate of drug-likeness (QED) is 0.785. The number of methoxy groups -OCH3 is 1. The van der Waals surface area contributed by atoms with Gasteiger partial charge in [0.25, 0.3) is 0 Å². The highest BCUT2D eigenvalue weighted by Crippen LogP contribution is 2.57. The van der Waals surface area contributed by atoms with E-state index in [2.05, 4.69) is 28.4 Å². The second-order valence-corrected chi connectivity index (χ2v) is 8.71. The lowest BCUT2D eigenvalue weighted by Crippen LogP contribution is -2.50. The number of aromatic nitrogens is 2. The monoisotopic (exact) mass is 375 g/mol. The summed E-state index contributed by atoms with van der Waals surface area (Å²) < 4.78 is 5.57. The summed E-state index contributed by atoms with van der Waals surface area (Å²) in [5.74, 6) is 4.70. The Hall–Kier alpha value is -2.58. The molecule has 2 saturated carbocycles. The third-order valence-electron chi connectivity index (χ3n) is 6.91. The molecular formula is C23H25N3O2. The molecule has 2 bridgehead atoms. The third-order valence-corrected chi connectivity index (χ3v) is 6.91. The van der Waals surface area contributed by atoms with E-state index in [0.717, 1.165) is 36.3 Å². The van der Waals surface area contributed by atoms with Crippen LogP contribution in [0, 0.1) is 12.3 Å². The molecule has 3 aliphatic rings. The molecule has 2 N–H and O–H groups in total. The average molecular weight is 375 g/mol. The van der Waals surface area contributed by atoms with Crippen molar-refractivity contribution < 1.29 is 9.84 Å². The topological polar surface area (TPSA) is 67.3 Å². The summed E-state index contributed by atoms with van der Waals surface area (Å²) in [5.41, 5.74) is 4.75. The van der Waals surface area contributed by atoms with Crippen LogP contribution in [0.5, 0.6) is 5.75 Å². The molecule has 0 radical (unpaired) electrons. The maximum atomic E-state index is 10.5. The standard InChI is InChI=1S/C23H25N3O2/c1-4-13-5-8-17(18(27)9-13)21-19-14-6-7-15(10-14)20(19)22(26-25-21)24-16-11-23(2,12-16)28-3/h1,5,8-9,14-16,27H,6-7,10-12H2,2-3H3,(H,24,26). The Morgan fingerprint density at radius 3 is 2.64 bits per heavy atom. The second-order valence-electron chi connectivity index (χ2n) is 8.71. The summed E-state index contributed by atoms with van der Waals surface area (Å²) in [6.45, 7) is 2.15. The summed E-state index contributed by atoms with van der Waals surface area (Å²) in [6, 6.07) is 5.71. The van der Waals surface area contributed by atoms with Crippen molar-refractivity contribution in [2.75, 3.05) is 12.4 Å². The highest BCUT2D eigenvalue weighted by atomic mass is 16.5. The van der Waals surface area contributed by atoms with Gasteiger partial charge in [0.1, 0.15) is 11.4 Å². The SMILES string of the molecule is C#Cc1ccc(-c2nnc(NC3CC(C)(OC)C3)c3c2C2CCC3C2)c(O)c1. The zero-order valence-corrected chi connectivity index (χ0v) is 16.3. The van der Waals surface area contributed by atoms with Gasteiger partial charge in [-0.15, -0.1) is 16.6 Å².